The lowest BCUT2D eigenvalue weighted by atomic mass is 9.97. The molecule has 5 heterocycles. The second-order valence-electron chi connectivity index (χ2n) is 8.22. The molecule has 0 radical (unpaired) electrons. The van der Waals surface area contributed by atoms with Crippen molar-refractivity contribution < 1.29 is 9.59 Å². The lowest BCUT2D eigenvalue weighted by molar-refractivity contribution is -0.115. The lowest BCUT2D eigenvalue weighted by Gasteiger charge is -2.32. The number of aromatic amines is 1. The van der Waals surface area contributed by atoms with Crippen LogP contribution in [0.3, 0.4) is 0 Å². The van der Waals surface area contributed by atoms with Gasteiger partial charge in [-0.3, -0.25) is 25.0 Å². The van der Waals surface area contributed by atoms with E-state index in [2.05, 4.69) is 46.7 Å². The van der Waals surface area contributed by atoms with Crippen molar-refractivity contribution in [2.45, 2.75) is 19.4 Å². The molecular formula is C23H24N8O2S. The Hall–Kier alpha value is -3.57. The average molecular weight is 477 g/mol. The molecule has 34 heavy (non-hydrogen) atoms. The summed E-state index contributed by atoms with van der Waals surface area (Å²) >= 11 is 0.889. The van der Waals surface area contributed by atoms with Gasteiger partial charge in [-0.2, -0.15) is 5.10 Å². The number of amides is 2. The summed E-state index contributed by atoms with van der Waals surface area (Å²) in [5.41, 5.74) is 3.56. The number of nitrogens with zero attached hydrogens (tertiary/aromatic N) is 5. The first-order chi connectivity index (χ1) is 16.6. The van der Waals surface area contributed by atoms with Crippen LogP contribution < -0.4 is 15.5 Å². The fourth-order valence-corrected chi connectivity index (χ4v) is 4.66. The predicted octanol–water partition coefficient (Wildman–Crippen LogP) is 2.59. The second kappa shape index (κ2) is 10.1. The molecule has 0 aromatic carbocycles. The number of anilines is 1. The second-order valence-corrected chi connectivity index (χ2v) is 9.23. The van der Waals surface area contributed by atoms with Crippen molar-refractivity contribution in [3.8, 4) is 11.4 Å². The largest absolute Gasteiger partial charge is 0.341 e. The summed E-state index contributed by atoms with van der Waals surface area (Å²) in [5, 5.41) is 12.3. The van der Waals surface area contributed by atoms with Gasteiger partial charge in [-0.1, -0.05) is 6.07 Å². The van der Waals surface area contributed by atoms with E-state index in [1.165, 1.54) is 0 Å². The molecule has 0 saturated carbocycles. The molecule has 2 amide bonds. The van der Waals surface area contributed by atoms with Crippen molar-refractivity contribution in [1.29, 1.82) is 0 Å². The molecule has 10 nitrogen and oxygen atoms in total. The Bertz CT molecular complexity index is 1190. The van der Waals surface area contributed by atoms with Crippen LogP contribution in [-0.4, -0.2) is 55.9 Å². The van der Waals surface area contributed by atoms with Crippen LogP contribution >= 0.6 is 11.8 Å². The molecule has 2 aliphatic rings. The minimum Gasteiger partial charge on any atom is -0.341 e. The van der Waals surface area contributed by atoms with Crippen molar-refractivity contribution in [3.05, 3.63) is 59.0 Å². The van der Waals surface area contributed by atoms with Crippen LogP contribution in [0.15, 0.2) is 47.8 Å². The minimum atomic E-state index is -0.381. The zero-order valence-corrected chi connectivity index (χ0v) is 19.2. The van der Waals surface area contributed by atoms with Gasteiger partial charge in [-0.25, -0.2) is 9.97 Å². The van der Waals surface area contributed by atoms with E-state index in [-0.39, 0.29) is 11.1 Å². The maximum Gasteiger partial charge on any atom is 0.290 e. The number of H-pyrrole nitrogens is 1. The van der Waals surface area contributed by atoms with E-state index < -0.39 is 0 Å². The highest BCUT2D eigenvalue weighted by Crippen LogP contribution is 2.26. The van der Waals surface area contributed by atoms with Crippen LogP contribution in [0.2, 0.25) is 0 Å². The highest BCUT2D eigenvalue weighted by molar-refractivity contribution is 8.18. The highest BCUT2D eigenvalue weighted by Gasteiger charge is 2.25. The van der Waals surface area contributed by atoms with E-state index in [0.717, 1.165) is 67.7 Å². The first-order valence-electron chi connectivity index (χ1n) is 11.1. The van der Waals surface area contributed by atoms with E-state index in [0.29, 0.717) is 22.5 Å². The van der Waals surface area contributed by atoms with Gasteiger partial charge in [0, 0.05) is 38.2 Å². The topological polar surface area (TPSA) is 129 Å². The Morgan fingerprint density at radius 3 is 2.71 bits per heavy atom. The van der Waals surface area contributed by atoms with Gasteiger partial charge in [0.15, 0.2) is 0 Å². The quantitative estimate of drug-likeness (QED) is 0.441. The van der Waals surface area contributed by atoms with Crippen LogP contribution in [0.25, 0.3) is 17.5 Å². The number of thioether (sulfide) groups is 1. The standard InChI is InChI=1S/C23H24N8O2S/c32-21-20(34-23(33)29-21)11-17-3-7-25-22(28-17)31-9-5-15(6-10-31)12-24-13-16-1-2-18(26-14-16)19-4-8-27-30-19/h1-4,7-8,11,14-15,24H,5-6,9-10,12-13H2,(H,27,30)(H,29,32,33). The molecule has 174 valence electrons. The van der Waals surface area contributed by atoms with Crippen molar-refractivity contribution >= 4 is 34.9 Å². The number of carbonyl (C=O) groups excluding carboxylic acids is 2. The van der Waals surface area contributed by atoms with Crippen molar-refractivity contribution in [2.75, 3.05) is 24.5 Å². The molecule has 0 atom stereocenters. The van der Waals surface area contributed by atoms with E-state index in [9.17, 15) is 9.59 Å². The third kappa shape index (κ3) is 5.32. The molecule has 0 aliphatic carbocycles. The maximum atomic E-state index is 11.8. The molecule has 3 aromatic heterocycles. The normalized spacial score (nSPS) is 18.0. The third-order valence-electron chi connectivity index (χ3n) is 5.85. The van der Waals surface area contributed by atoms with Crippen LogP contribution in [-0.2, 0) is 11.3 Å². The summed E-state index contributed by atoms with van der Waals surface area (Å²) in [6, 6.07) is 7.73. The van der Waals surface area contributed by atoms with Gasteiger partial charge < -0.3 is 10.2 Å². The maximum absolute atomic E-state index is 11.8. The molecule has 0 unspecified atom stereocenters. The zero-order chi connectivity index (χ0) is 23.3. The molecule has 5 rings (SSSR count). The monoisotopic (exact) mass is 476 g/mol. The number of carbonyl (C=O) groups is 2. The molecule has 2 aliphatic heterocycles. The molecule has 11 heteroatoms. The summed E-state index contributed by atoms with van der Waals surface area (Å²) in [6.45, 7) is 3.48. The number of hydrogen-bond donors (Lipinski definition) is 3. The van der Waals surface area contributed by atoms with Crippen molar-refractivity contribution in [2.24, 2.45) is 5.92 Å². The van der Waals surface area contributed by atoms with Gasteiger partial charge in [0.2, 0.25) is 5.95 Å². The van der Waals surface area contributed by atoms with Gasteiger partial charge in [-0.15, -0.1) is 0 Å². The first-order valence-corrected chi connectivity index (χ1v) is 11.9. The molecule has 3 aromatic rings. The number of nitrogens with one attached hydrogen (secondary N) is 3. The zero-order valence-electron chi connectivity index (χ0n) is 18.4. The van der Waals surface area contributed by atoms with Gasteiger partial charge >= 0.3 is 0 Å². The summed E-state index contributed by atoms with van der Waals surface area (Å²) in [7, 11) is 0. The predicted molar refractivity (Wildman–Crippen MR) is 130 cm³/mol. The minimum absolute atomic E-state index is 0.352. The number of piperidine rings is 1. The van der Waals surface area contributed by atoms with Crippen molar-refractivity contribution in [3.63, 3.8) is 0 Å². The SMILES string of the molecule is O=C1NC(=O)C(=Cc2ccnc(N3CCC(CNCc4ccc(-c5ccn[nH]5)nc4)CC3)n2)S1. The number of rotatable bonds is 7. The summed E-state index contributed by atoms with van der Waals surface area (Å²) in [4.78, 5) is 39.1. The highest BCUT2D eigenvalue weighted by atomic mass is 32.2. The molecular weight excluding hydrogens is 452 g/mol. The number of imide groups is 1. The first kappa shape index (κ1) is 22.2. The Morgan fingerprint density at radius 2 is 2.00 bits per heavy atom. The fourth-order valence-electron chi connectivity index (χ4n) is 3.99. The number of pyridine rings is 1. The third-order valence-corrected chi connectivity index (χ3v) is 6.66. The molecule has 3 N–H and O–H groups in total. The average Bonchev–Trinajstić information content (AvgIpc) is 3.50. The van der Waals surface area contributed by atoms with Crippen molar-refractivity contribution in [1.82, 2.24) is 35.8 Å². The number of aromatic nitrogens is 5. The van der Waals surface area contributed by atoms with E-state index in [1.54, 1.807) is 24.5 Å². The van der Waals surface area contributed by atoms with E-state index in [1.807, 2.05) is 18.3 Å². The van der Waals surface area contributed by atoms with Gasteiger partial charge in [-0.05, 0) is 66.9 Å². The molecule has 2 fully saturated rings. The van der Waals surface area contributed by atoms with Gasteiger partial charge in [0.05, 0.1) is 22.0 Å². The lowest BCUT2D eigenvalue weighted by Crippen LogP contribution is -2.38. The molecule has 2 saturated heterocycles. The van der Waals surface area contributed by atoms with Crippen LogP contribution in [0, 0.1) is 5.92 Å². The Balaban J connectivity index is 1.09. The van der Waals surface area contributed by atoms with Gasteiger partial charge in [0.1, 0.15) is 0 Å². The summed E-state index contributed by atoms with van der Waals surface area (Å²) in [6.07, 6.45) is 9.03. The summed E-state index contributed by atoms with van der Waals surface area (Å²) < 4.78 is 0. The van der Waals surface area contributed by atoms with E-state index in [4.69, 9.17) is 0 Å². The Morgan fingerprint density at radius 1 is 1.12 bits per heavy atom. The van der Waals surface area contributed by atoms with Crippen LogP contribution in [0.4, 0.5) is 10.7 Å². The van der Waals surface area contributed by atoms with E-state index >= 15 is 0 Å². The van der Waals surface area contributed by atoms with Gasteiger partial charge in [0.25, 0.3) is 11.1 Å². The number of hydrogen-bond acceptors (Lipinski definition) is 9. The summed E-state index contributed by atoms with van der Waals surface area (Å²) in [5.74, 6) is 0.857. The molecule has 0 spiro atoms. The Labute approximate surface area is 200 Å². The van der Waals surface area contributed by atoms with Crippen LogP contribution in [0.5, 0.6) is 0 Å². The molecule has 0 bridgehead atoms. The Kier molecular flexibility index (Phi) is 6.63. The fraction of sp³-hybridized carbons (Fsp3) is 0.304. The smallest absolute Gasteiger partial charge is 0.290 e. The van der Waals surface area contributed by atoms with Crippen LogP contribution in [0.1, 0.15) is 24.1 Å².